The van der Waals surface area contributed by atoms with Crippen molar-refractivity contribution in [1.82, 2.24) is 9.21 Å². The molecule has 0 aromatic heterocycles. The molecule has 30 heavy (non-hydrogen) atoms. The summed E-state index contributed by atoms with van der Waals surface area (Å²) in [6.07, 6.45) is -3.16. The maximum atomic E-state index is 13.2. The monoisotopic (exact) mass is 448 g/mol. The lowest BCUT2D eigenvalue weighted by molar-refractivity contribution is -0.186. The Labute approximate surface area is 172 Å². The molecule has 2 heterocycles. The van der Waals surface area contributed by atoms with Crippen molar-refractivity contribution < 1.29 is 35.9 Å². The summed E-state index contributed by atoms with van der Waals surface area (Å²) >= 11 is 0. The summed E-state index contributed by atoms with van der Waals surface area (Å²) in [4.78, 5) is 24.4. The van der Waals surface area contributed by atoms with Crippen LogP contribution >= 0.6 is 0 Å². The van der Waals surface area contributed by atoms with Crippen LogP contribution in [0.1, 0.15) is 37.3 Å². The third kappa shape index (κ3) is 4.46. The molecule has 166 valence electrons. The van der Waals surface area contributed by atoms with Crippen molar-refractivity contribution >= 4 is 21.9 Å². The largest absolute Gasteiger partial charge is 0.471 e. The summed E-state index contributed by atoms with van der Waals surface area (Å²) in [6, 6.07) is 3.33. The van der Waals surface area contributed by atoms with E-state index in [0.717, 1.165) is 4.31 Å². The van der Waals surface area contributed by atoms with E-state index < -0.39 is 34.1 Å². The number of ether oxygens (including phenoxy) is 1. The van der Waals surface area contributed by atoms with Gasteiger partial charge in [-0.25, -0.2) is 8.42 Å². The molecule has 11 heteroatoms. The first-order valence-corrected chi connectivity index (χ1v) is 11.2. The van der Waals surface area contributed by atoms with Gasteiger partial charge in [-0.2, -0.15) is 17.5 Å². The van der Waals surface area contributed by atoms with Crippen molar-refractivity contribution in [1.29, 1.82) is 0 Å². The molecule has 0 aliphatic carbocycles. The van der Waals surface area contributed by atoms with Gasteiger partial charge in [0.25, 0.3) is 0 Å². The Morgan fingerprint density at radius 3 is 2.57 bits per heavy atom. The number of carbonyl (C=O) groups is 2. The fourth-order valence-electron chi connectivity index (χ4n) is 3.85. The van der Waals surface area contributed by atoms with Gasteiger partial charge in [0, 0.05) is 19.6 Å². The number of fused-ring (bicyclic) bond motifs is 1. The number of rotatable bonds is 4. The van der Waals surface area contributed by atoms with E-state index in [9.17, 15) is 31.2 Å². The lowest BCUT2D eigenvalue weighted by Crippen LogP contribution is -2.48. The van der Waals surface area contributed by atoms with Crippen LogP contribution in [0.15, 0.2) is 23.1 Å². The van der Waals surface area contributed by atoms with E-state index in [4.69, 9.17) is 4.74 Å². The number of nitrogens with zero attached hydrogens (tertiary/aromatic N) is 2. The summed E-state index contributed by atoms with van der Waals surface area (Å²) < 4.78 is 70.9. The van der Waals surface area contributed by atoms with E-state index in [1.54, 1.807) is 13.0 Å². The number of sulfonamides is 1. The number of carbonyl (C=O) groups excluding carboxylic acids is 2. The second-order valence-corrected chi connectivity index (χ2v) is 9.17. The zero-order valence-electron chi connectivity index (χ0n) is 16.4. The second kappa shape index (κ2) is 8.54. The summed E-state index contributed by atoms with van der Waals surface area (Å²) in [5.41, 5.74) is 1.05. The van der Waals surface area contributed by atoms with Crippen molar-refractivity contribution in [2.24, 2.45) is 0 Å². The highest BCUT2D eigenvalue weighted by molar-refractivity contribution is 7.89. The number of hydrogen-bond acceptors (Lipinski definition) is 5. The summed E-state index contributed by atoms with van der Waals surface area (Å²) in [5, 5.41) is 0. The predicted octanol–water partition coefficient (Wildman–Crippen LogP) is 2.24. The minimum absolute atomic E-state index is 0.0888. The molecule has 0 saturated carbocycles. The van der Waals surface area contributed by atoms with Gasteiger partial charge in [-0.05, 0) is 55.9 Å². The highest BCUT2D eigenvalue weighted by Gasteiger charge is 2.43. The van der Waals surface area contributed by atoms with Crippen LogP contribution < -0.4 is 0 Å². The molecule has 7 nitrogen and oxygen atoms in total. The van der Waals surface area contributed by atoms with Gasteiger partial charge in [0.15, 0.2) is 0 Å². The maximum Gasteiger partial charge on any atom is 0.471 e. The average Bonchev–Trinajstić information content (AvgIpc) is 2.71. The molecule has 1 fully saturated rings. The number of esters is 1. The Kier molecular flexibility index (Phi) is 6.42. The molecule has 0 bridgehead atoms. The van der Waals surface area contributed by atoms with Crippen LogP contribution in [0.25, 0.3) is 0 Å². The van der Waals surface area contributed by atoms with Gasteiger partial charge >= 0.3 is 18.1 Å². The van der Waals surface area contributed by atoms with Crippen LogP contribution in [-0.2, 0) is 37.3 Å². The van der Waals surface area contributed by atoms with Gasteiger partial charge in [-0.15, -0.1) is 0 Å². The van der Waals surface area contributed by atoms with Gasteiger partial charge in [-0.1, -0.05) is 6.07 Å². The van der Waals surface area contributed by atoms with E-state index in [0.29, 0.717) is 35.3 Å². The van der Waals surface area contributed by atoms with Crippen LogP contribution in [0.4, 0.5) is 13.2 Å². The van der Waals surface area contributed by atoms with Crippen molar-refractivity contribution in [3.63, 3.8) is 0 Å². The minimum atomic E-state index is -4.98. The zero-order chi connectivity index (χ0) is 22.1. The summed E-state index contributed by atoms with van der Waals surface area (Å²) in [5.74, 6) is -2.56. The number of halogens is 3. The predicted molar refractivity (Wildman–Crippen MR) is 99.8 cm³/mol. The number of benzene rings is 1. The van der Waals surface area contributed by atoms with Crippen molar-refractivity contribution in [2.45, 2.75) is 56.3 Å². The normalized spacial score (nSPS) is 20.5. The molecule has 1 unspecified atom stereocenters. The number of alkyl halides is 3. The molecule has 0 radical (unpaired) electrons. The van der Waals surface area contributed by atoms with Crippen LogP contribution in [0.2, 0.25) is 0 Å². The van der Waals surface area contributed by atoms with Crippen LogP contribution in [0.5, 0.6) is 0 Å². The van der Waals surface area contributed by atoms with Gasteiger partial charge in [0.05, 0.1) is 11.5 Å². The van der Waals surface area contributed by atoms with Crippen molar-refractivity contribution in [3.8, 4) is 0 Å². The SMILES string of the molecule is CCOC(=O)C1CCCCN1S(=O)(=O)c1ccc2c(c1)CN(C(=O)C(F)(F)F)CC2. The minimum Gasteiger partial charge on any atom is -0.465 e. The molecule has 1 aromatic carbocycles. The molecule has 1 saturated heterocycles. The molecular formula is C19H23F3N2O5S. The van der Waals surface area contributed by atoms with Gasteiger partial charge < -0.3 is 9.64 Å². The lowest BCUT2D eigenvalue weighted by Gasteiger charge is -2.33. The van der Waals surface area contributed by atoms with Gasteiger partial charge in [0.1, 0.15) is 6.04 Å². The summed E-state index contributed by atoms with van der Waals surface area (Å²) in [7, 11) is -4.07. The van der Waals surface area contributed by atoms with Crippen LogP contribution in [0, 0.1) is 0 Å². The highest BCUT2D eigenvalue weighted by Crippen LogP contribution is 2.30. The highest BCUT2D eigenvalue weighted by atomic mass is 32.2. The topological polar surface area (TPSA) is 84.0 Å². The number of hydrogen-bond donors (Lipinski definition) is 0. The van der Waals surface area contributed by atoms with E-state index in [1.165, 1.54) is 12.1 Å². The van der Waals surface area contributed by atoms with E-state index in [-0.39, 0.29) is 37.6 Å². The molecule has 2 aliphatic heterocycles. The first kappa shape index (κ1) is 22.5. The maximum absolute atomic E-state index is 13.2. The molecule has 1 atom stereocenters. The van der Waals surface area contributed by atoms with Crippen LogP contribution in [-0.4, -0.2) is 61.4 Å². The molecule has 0 spiro atoms. The Bertz CT molecular complexity index is 933. The Morgan fingerprint density at radius 1 is 1.17 bits per heavy atom. The zero-order valence-corrected chi connectivity index (χ0v) is 17.3. The standard InChI is InChI=1S/C19H23F3N2O5S/c1-2-29-17(25)16-5-3-4-9-24(16)30(27,28)15-7-6-13-8-10-23(12-14(13)11-15)18(26)19(20,21)22/h6-7,11,16H,2-5,8-10,12H2,1H3. The first-order valence-electron chi connectivity index (χ1n) is 9.72. The first-order chi connectivity index (χ1) is 14.1. The molecule has 1 aromatic rings. The fraction of sp³-hybridized carbons (Fsp3) is 0.579. The molecule has 2 aliphatic rings. The molecule has 0 N–H and O–H groups in total. The van der Waals surface area contributed by atoms with Gasteiger partial charge in [-0.3, -0.25) is 9.59 Å². The average molecular weight is 448 g/mol. The number of amides is 1. The molecule has 3 rings (SSSR count). The third-order valence-electron chi connectivity index (χ3n) is 5.34. The Morgan fingerprint density at radius 2 is 1.90 bits per heavy atom. The lowest BCUT2D eigenvalue weighted by atomic mass is 10.00. The quantitative estimate of drug-likeness (QED) is 0.660. The summed E-state index contributed by atoms with van der Waals surface area (Å²) in [6.45, 7) is 1.51. The van der Waals surface area contributed by atoms with E-state index >= 15 is 0 Å². The third-order valence-corrected chi connectivity index (χ3v) is 7.24. The van der Waals surface area contributed by atoms with E-state index in [1.807, 2.05) is 0 Å². The van der Waals surface area contributed by atoms with Crippen LogP contribution in [0.3, 0.4) is 0 Å². The second-order valence-electron chi connectivity index (χ2n) is 7.28. The van der Waals surface area contributed by atoms with Gasteiger partial charge in [0.2, 0.25) is 10.0 Å². The smallest absolute Gasteiger partial charge is 0.465 e. The Balaban J connectivity index is 1.89. The van der Waals surface area contributed by atoms with E-state index in [2.05, 4.69) is 0 Å². The Hall–Kier alpha value is -2.14. The molecular weight excluding hydrogens is 425 g/mol. The fourth-order valence-corrected chi connectivity index (χ4v) is 5.55. The molecule has 1 amide bonds. The number of piperidine rings is 1. The van der Waals surface area contributed by atoms with Crippen molar-refractivity contribution in [2.75, 3.05) is 19.7 Å². The van der Waals surface area contributed by atoms with Crippen molar-refractivity contribution in [3.05, 3.63) is 29.3 Å².